The highest BCUT2D eigenvalue weighted by Crippen LogP contribution is 2.37. The van der Waals surface area contributed by atoms with Crippen LogP contribution in [0, 0.1) is 13.8 Å². The Labute approximate surface area is 158 Å². The van der Waals surface area contributed by atoms with E-state index in [0.29, 0.717) is 6.04 Å². The number of carbonyl (C=O) groups is 1. The van der Waals surface area contributed by atoms with Crippen molar-refractivity contribution in [1.29, 1.82) is 0 Å². The average molecular weight is 368 g/mol. The number of thiazole rings is 1. The van der Waals surface area contributed by atoms with Gasteiger partial charge in [0.2, 0.25) is 0 Å². The fourth-order valence-corrected chi connectivity index (χ4v) is 5.36. The second-order valence-electron chi connectivity index (χ2n) is 7.42. The Hall–Kier alpha value is -2.14. The van der Waals surface area contributed by atoms with Crippen molar-refractivity contribution in [3.63, 3.8) is 0 Å². The number of aromatic nitrogens is 2. The molecule has 4 nitrogen and oxygen atoms in total. The van der Waals surface area contributed by atoms with Gasteiger partial charge in [0.05, 0.1) is 21.8 Å². The van der Waals surface area contributed by atoms with Gasteiger partial charge in [-0.25, -0.2) is 4.98 Å². The minimum Gasteiger partial charge on any atom is -0.346 e. The lowest BCUT2D eigenvalue weighted by molar-refractivity contribution is 0.0734. The lowest BCUT2D eigenvalue weighted by atomic mass is 10.2. The molecule has 1 amide bonds. The first kappa shape index (κ1) is 17.3. The molecule has 0 radical (unpaired) electrons. The van der Waals surface area contributed by atoms with E-state index in [4.69, 9.17) is 4.98 Å². The largest absolute Gasteiger partial charge is 0.346 e. The molecule has 1 aromatic carbocycles. The van der Waals surface area contributed by atoms with Crippen LogP contribution in [0.15, 0.2) is 30.3 Å². The number of benzene rings is 1. The fraction of sp³-hybridized carbons (Fsp3) is 0.429. The molecule has 1 saturated heterocycles. The van der Waals surface area contributed by atoms with Gasteiger partial charge in [-0.3, -0.25) is 4.79 Å². The van der Waals surface area contributed by atoms with E-state index >= 15 is 0 Å². The SMILES string of the molecule is Cc1cc(C(=O)N2CCCC2c2nc3ccccc3s2)c(C)n1C(C)C. The summed E-state index contributed by atoms with van der Waals surface area (Å²) < 4.78 is 3.44. The minimum atomic E-state index is 0.0991. The molecule has 0 N–H and O–H groups in total. The third-order valence-corrected chi connectivity index (χ3v) is 6.48. The zero-order valence-electron chi connectivity index (χ0n) is 15.8. The second kappa shape index (κ2) is 6.54. The number of hydrogen-bond donors (Lipinski definition) is 0. The molecule has 26 heavy (non-hydrogen) atoms. The van der Waals surface area contributed by atoms with Crippen molar-refractivity contribution in [2.45, 2.75) is 52.6 Å². The number of carbonyl (C=O) groups excluding carboxylic acids is 1. The van der Waals surface area contributed by atoms with Crippen molar-refractivity contribution in [1.82, 2.24) is 14.5 Å². The fourth-order valence-electron chi connectivity index (χ4n) is 4.24. The zero-order chi connectivity index (χ0) is 18.4. The van der Waals surface area contributed by atoms with Gasteiger partial charge in [-0.2, -0.15) is 0 Å². The topological polar surface area (TPSA) is 38.1 Å². The number of amides is 1. The molecule has 1 atom stereocenters. The molecule has 2 aromatic heterocycles. The Morgan fingerprint density at radius 3 is 2.73 bits per heavy atom. The number of nitrogens with zero attached hydrogens (tertiary/aromatic N) is 3. The first-order valence-corrected chi connectivity index (χ1v) is 10.1. The van der Waals surface area contributed by atoms with Gasteiger partial charge in [0, 0.05) is 24.0 Å². The van der Waals surface area contributed by atoms with E-state index in [1.54, 1.807) is 11.3 Å². The van der Waals surface area contributed by atoms with Crippen LogP contribution in [-0.2, 0) is 0 Å². The number of likely N-dealkylation sites (tertiary alicyclic amines) is 1. The monoisotopic (exact) mass is 367 g/mol. The Bertz CT molecular complexity index is 936. The lowest BCUT2D eigenvalue weighted by Gasteiger charge is -2.23. The maximum absolute atomic E-state index is 13.3. The number of aryl methyl sites for hydroxylation is 1. The van der Waals surface area contributed by atoms with Crippen LogP contribution in [0.3, 0.4) is 0 Å². The van der Waals surface area contributed by atoms with Crippen LogP contribution >= 0.6 is 11.3 Å². The van der Waals surface area contributed by atoms with E-state index in [9.17, 15) is 4.79 Å². The van der Waals surface area contributed by atoms with Gasteiger partial charge in [0.1, 0.15) is 5.01 Å². The van der Waals surface area contributed by atoms with Crippen molar-refractivity contribution in [3.8, 4) is 0 Å². The molecule has 1 unspecified atom stereocenters. The van der Waals surface area contributed by atoms with Crippen molar-refractivity contribution in [2.75, 3.05) is 6.54 Å². The van der Waals surface area contributed by atoms with E-state index < -0.39 is 0 Å². The van der Waals surface area contributed by atoms with Crippen molar-refractivity contribution in [2.24, 2.45) is 0 Å². The molecule has 0 bridgehead atoms. The molecule has 5 heteroatoms. The van der Waals surface area contributed by atoms with Gasteiger partial charge in [-0.05, 0) is 58.7 Å². The summed E-state index contributed by atoms with van der Waals surface area (Å²) in [4.78, 5) is 20.2. The summed E-state index contributed by atoms with van der Waals surface area (Å²) in [5.74, 6) is 0.145. The second-order valence-corrected chi connectivity index (χ2v) is 8.49. The molecule has 0 spiro atoms. The number of rotatable bonds is 3. The predicted octanol–water partition coefficient (Wildman–Crippen LogP) is 5.27. The molecule has 0 saturated carbocycles. The molecule has 1 aliphatic rings. The Balaban J connectivity index is 1.68. The van der Waals surface area contributed by atoms with Gasteiger partial charge < -0.3 is 9.47 Å². The summed E-state index contributed by atoms with van der Waals surface area (Å²) in [6, 6.07) is 10.7. The van der Waals surface area contributed by atoms with Crippen LogP contribution < -0.4 is 0 Å². The van der Waals surface area contributed by atoms with E-state index in [-0.39, 0.29) is 11.9 Å². The van der Waals surface area contributed by atoms with Crippen LogP contribution in [0.5, 0.6) is 0 Å². The molecule has 3 aromatic rings. The Kier molecular flexibility index (Phi) is 4.35. The highest BCUT2D eigenvalue weighted by atomic mass is 32.1. The summed E-state index contributed by atoms with van der Waals surface area (Å²) in [5, 5.41) is 1.06. The minimum absolute atomic E-state index is 0.0991. The zero-order valence-corrected chi connectivity index (χ0v) is 16.6. The Morgan fingerprint density at radius 1 is 1.27 bits per heavy atom. The Morgan fingerprint density at radius 2 is 2.04 bits per heavy atom. The van der Waals surface area contributed by atoms with E-state index in [1.807, 2.05) is 29.2 Å². The molecule has 3 heterocycles. The lowest BCUT2D eigenvalue weighted by Crippen LogP contribution is -2.30. The molecule has 1 aliphatic heterocycles. The van der Waals surface area contributed by atoms with E-state index in [2.05, 4.69) is 38.3 Å². The smallest absolute Gasteiger partial charge is 0.256 e. The number of para-hydroxylation sites is 1. The third kappa shape index (κ3) is 2.75. The van der Waals surface area contributed by atoms with E-state index in [0.717, 1.165) is 46.9 Å². The summed E-state index contributed by atoms with van der Waals surface area (Å²) in [6.45, 7) is 9.27. The standard InChI is InChI=1S/C21H25N3OS/c1-13(2)24-14(3)12-16(15(24)4)21(25)23-11-7-9-18(23)20-22-17-8-5-6-10-19(17)26-20/h5-6,8,10,12-13,18H,7,9,11H2,1-4H3. The van der Waals surface area contributed by atoms with Gasteiger partial charge >= 0.3 is 0 Å². The van der Waals surface area contributed by atoms with Gasteiger partial charge in [-0.15, -0.1) is 11.3 Å². The van der Waals surface area contributed by atoms with Crippen molar-refractivity contribution >= 4 is 27.5 Å². The number of fused-ring (bicyclic) bond motifs is 1. The van der Waals surface area contributed by atoms with Gasteiger partial charge in [0.25, 0.3) is 5.91 Å². The van der Waals surface area contributed by atoms with Gasteiger partial charge in [0.15, 0.2) is 0 Å². The molecule has 4 rings (SSSR count). The van der Waals surface area contributed by atoms with Gasteiger partial charge in [-0.1, -0.05) is 12.1 Å². The normalized spacial score (nSPS) is 17.6. The molecule has 136 valence electrons. The summed E-state index contributed by atoms with van der Waals surface area (Å²) in [7, 11) is 0. The molecular formula is C21H25N3OS. The highest BCUT2D eigenvalue weighted by Gasteiger charge is 2.34. The van der Waals surface area contributed by atoms with Crippen LogP contribution in [0.25, 0.3) is 10.2 Å². The molecular weight excluding hydrogens is 342 g/mol. The van der Waals surface area contributed by atoms with Crippen LogP contribution in [0.2, 0.25) is 0 Å². The number of hydrogen-bond acceptors (Lipinski definition) is 3. The van der Waals surface area contributed by atoms with Crippen molar-refractivity contribution < 1.29 is 4.79 Å². The first-order chi connectivity index (χ1) is 12.5. The maximum Gasteiger partial charge on any atom is 0.256 e. The van der Waals surface area contributed by atoms with Crippen LogP contribution in [-0.4, -0.2) is 26.9 Å². The van der Waals surface area contributed by atoms with Crippen LogP contribution in [0.1, 0.15) is 65.5 Å². The molecule has 1 fully saturated rings. The predicted molar refractivity (Wildman–Crippen MR) is 107 cm³/mol. The summed E-state index contributed by atoms with van der Waals surface area (Å²) in [5.41, 5.74) is 4.09. The molecule has 0 aliphatic carbocycles. The van der Waals surface area contributed by atoms with Crippen LogP contribution in [0.4, 0.5) is 0 Å². The highest BCUT2D eigenvalue weighted by molar-refractivity contribution is 7.18. The van der Waals surface area contributed by atoms with E-state index in [1.165, 1.54) is 4.70 Å². The first-order valence-electron chi connectivity index (χ1n) is 9.32. The quantitative estimate of drug-likeness (QED) is 0.632. The summed E-state index contributed by atoms with van der Waals surface area (Å²) in [6.07, 6.45) is 2.03. The summed E-state index contributed by atoms with van der Waals surface area (Å²) >= 11 is 1.72. The van der Waals surface area contributed by atoms with Crippen molar-refractivity contribution in [3.05, 3.63) is 52.3 Å². The third-order valence-electron chi connectivity index (χ3n) is 5.34. The maximum atomic E-state index is 13.3. The average Bonchev–Trinajstić information content (AvgIpc) is 3.29.